The van der Waals surface area contributed by atoms with Crippen LogP contribution in [0.15, 0.2) is 72.8 Å². The maximum absolute atomic E-state index is 13.8. The highest BCUT2D eigenvalue weighted by atomic mass is 16.4. The highest BCUT2D eigenvalue weighted by molar-refractivity contribution is 6.23. The highest BCUT2D eigenvalue weighted by Crippen LogP contribution is 2.45. The molecule has 3 amide bonds. The van der Waals surface area contributed by atoms with E-state index in [-0.39, 0.29) is 11.3 Å². The van der Waals surface area contributed by atoms with E-state index < -0.39 is 30.0 Å². The minimum atomic E-state index is -1.19. The predicted octanol–water partition coefficient (Wildman–Crippen LogP) is 4.66. The molecule has 0 saturated carbocycles. The molecule has 1 aromatic heterocycles. The average Bonchev–Trinajstić information content (AvgIpc) is 3.32. The van der Waals surface area contributed by atoms with Crippen LogP contribution in [-0.2, 0) is 11.2 Å². The number of nitrogens with zero attached hydrogens (tertiary/aromatic N) is 2. The second kappa shape index (κ2) is 7.31. The van der Waals surface area contributed by atoms with E-state index in [4.69, 9.17) is 0 Å². The monoisotopic (exact) mass is 451 g/mol. The molecule has 0 bridgehead atoms. The molecule has 2 aliphatic heterocycles. The van der Waals surface area contributed by atoms with Crippen LogP contribution in [0, 0.1) is 6.92 Å². The number of para-hydroxylation sites is 2. The van der Waals surface area contributed by atoms with Gasteiger partial charge in [0.2, 0.25) is 0 Å². The van der Waals surface area contributed by atoms with Crippen LogP contribution in [0.25, 0.3) is 10.9 Å². The van der Waals surface area contributed by atoms with Crippen LogP contribution < -0.4 is 4.90 Å². The number of aryl methyl sites for hydroxylation is 1. The second-order valence-corrected chi connectivity index (χ2v) is 8.79. The molecule has 0 radical (unpaired) electrons. The smallest absolute Gasteiger partial charge is 0.337 e. The predicted molar refractivity (Wildman–Crippen MR) is 127 cm³/mol. The van der Waals surface area contributed by atoms with Crippen molar-refractivity contribution < 1.29 is 19.5 Å². The molecule has 1 saturated heterocycles. The molecule has 168 valence electrons. The Morgan fingerprint density at radius 1 is 1.00 bits per heavy atom. The number of imide groups is 1. The van der Waals surface area contributed by atoms with Crippen molar-refractivity contribution in [1.82, 2.24) is 9.88 Å². The molecule has 0 unspecified atom stereocenters. The summed E-state index contributed by atoms with van der Waals surface area (Å²) >= 11 is 0. The summed E-state index contributed by atoms with van der Waals surface area (Å²) in [5.74, 6) is -1.60. The number of carboxylic acid groups (broad SMARTS) is 1. The summed E-state index contributed by atoms with van der Waals surface area (Å²) in [6, 6.07) is 20.2. The largest absolute Gasteiger partial charge is 0.478 e. The van der Waals surface area contributed by atoms with E-state index in [1.165, 1.54) is 12.1 Å². The number of nitrogens with one attached hydrogen (secondary N) is 1. The van der Waals surface area contributed by atoms with Crippen LogP contribution in [0.2, 0.25) is 0 Å². The summed E-state index contributed by atoms with van der Waals surface area (Å²) in [6.07, 6.45) is 0.359. The van der Waals surface area contributed by atoms with Crippen molar-refractivity contribution in [2.45, 2.75) is 25.4 Å². The van der Waals surface area contributed by atoms with Gasteiger partial charge in [-0.2, -0.15) is 0 Å². The lowest BCUT2D eigenvalue weighted by Gasteiger charge is -2.36. The number of aromatic amines is 1. The normalized spacial score (nSPS) is 19.4. The Morgan fingerprint density at radius 3 is 2.56 bits per heavy atom. The number of H-pyrrole nitrogens is 1. The number of hydrogen-bond donors (Lipinski definition) is 2. The molecule has 3 aromatic carbocycles. The van der Waals surface area contributed by atoms with Gasteiger partial charge in [-0.1, -0.05) is 60.2 Å². The molecule has 3 heterocycles. The fraction of sp³-hybridized carbons (Fsp3) is 0.148. The Kier molecular flexibility index (Phi) is 4.35. The number of urea groups is 1. The highest BCUT2D eigenvalue weighted by Gasteiger charge is 2.53. The number of rotatable bonds is 3. The van der Waals surface area contributed by atoms with E-state index in [0.717, 1.165) is 38.2 Å². The molecule has 34 heavy (non-hydrogen) atoms. The zero-order valence-electron chi connectivity index (χ0n) is 18.4. The molecule has 0 aliphatic carbocycles. The van der Waals surface area contributed by atoms with Gasteiger partial charge < -0.3 is 10.1 Å². The summed E-state index contributed by atoms with van der Waals surface area (Å²) in [4.78, 5) is 45.5. The lowest BCUT2D eigenvalue weighted by Crippen LogP contribution is -2.44. The molecule has 2 atom stereocenters. The summed E-state index contributed by atoms with van der Waals surface area (Å²) in [5.41, 5.74) is 4.81. The third kappa shape index (κ3) is 2.80. The van der Waals surface area contributed by atoms with Crippen LogP contribution in [0.1, 0.15) is 38.8 Å². The average molecular weight is 451 g/mol. The van der Waals surface area contributed by atoms with Crippen LogP contribution in [0.3, 0.4) is 0 Å². The minimum absolute atomic E-state index is 0.0832. The van der Waals surface area contributed by atoms with Gasteiger partial charge in [-0.05, 0) is 36.2 Å². The fourth-order valence-electron chi connectivity index (χ4n) is 5.33. The van der Waals surface area contributed by atoms with Crippen molar-refractivity contribution in [3.05, 3.63) is 101 Å². The number of carbonyl (C=O) groups is 3. The van der Waals surface area contributed by atoms with Crippen molar-refractivity contribution in [1.29, 1.82) is 0 Å². The first-order valence-corrected chi connectivity index (χ1v) is 11.1. The van der Waals surface area contributed by atoms with Crippen LogP contribution in [0.4, 0.5) is 10.5 Å². The van der Waals surface area contributed by atoms with Gasteiger partial charge in [-0.25, -0.2) is 14.5 Å². The van der Waals surface area contributed by atoms with Crippen molar-refractivity contribution >= 4 is 34.5 Å². The second-order valence-electron chi connectivity index (χ2n) is 8.79. The Bertz CT molecular complexity index is 1500. The first kappa shape index (κ1) is 20.2. The van der Waals surface area contributed by atoms with Gasteiger partial charge in [0.15, 0.2) is 0 Å². The summed E-state index contributed by atoms with van der Waals surface area (Å²) in [6.45, 7) is 1.99. The Morgan fingerprint density at radius 2 is 1.76 bits per heavy atom. The number of aromatic carboxylic acids is 1. The quantitative estimate of drug-likeness (QED) is 0.443. The number of hydrogen-bond acceptors (Lipinski definition) is 3. The first-order chi connectivity index (χ1) is 16.5. The number of anilines is 1. The van der Waals surface area contributed by atoms with Crippen molar-refractivity contribution in [3.63, 3.8) is 0 Å². The van der Waals surface area contributed by atoms with Crippen LogP contribution >= 0.6 is 0 Å². The van der Waals surface area contributed by atoms with Gasteiger partial charge in [0.1, 0.15) is 12.1 Å². The van der Waals surface area contributed by atoms with Gasteiger partial charge in [0.25, 0.3) is 5.91 Å². The van der Waals surface area contributed by atoms with Gasteiger partial charge in [-0.3, -0.25) is 9.69 Å². The zero-order chi connectivity index (χ0) is 23.6. The van der Waals surface area contributed by atoms with Crippen molar-refractivity contribution in [3.8, 4) is 0 Å². The molecular weight excluding hydrogens is 430 g/mol. The summed E-state index contributed by atoms with van der Waals surface area (Å²) in [7, 11) is 0. The zero-order valence-corrected chi connectivity index (χ0v) is 18.4. The van der Waals surface area contributed by atoms with Gasteiger partial charge in [0, 0.05) is 23.0 Å². The summed E-state index contributed by atoms with van der Waals surface area (Å²) in [5, 5.41) is 10.7. The van der Waals surface area contributed by atoms with Gasteiger partial charge >= 0.3 is 12.0 Å². The molecule has 6 rings (SSSR count). The van der Waals surface area contributed by atoms with E-state index in [1.54, 1.807) is 17.0 Å². The molecule has 2 N–H and O–H groups in total. The number of fused-ring (bicyclic) bond motifs is 4. The number of carbonyl (C=O) groups excluding carboxylic acids is 2. The first-order valence-electron chi connectivity index (χ1n) is 11.1. The third-order valence-corrected chi connectivity index (χ3v) is 6.78. The Balaban J connectivity index is 1.56. The molecule has 2 aliphatic rings. The van der Waals surface area contributed by atoms with E-state index in [1.807, 2.05) is 55.5 Å². The molecular formula is C27H21N3O4. The van der Waals surface area contributed by atoms with Gasteiger partial charge in [0.05, 0.1) is 11.3 Å². The van der Waals surface area contributed by atoms with E-state index >= 15 is 0 Å². The topological polar surface area (TPSA) is 93.7 Å². The lowest BCUT2D eigenvalue weighted by molar-refractivity contribution is -0.120. The molecule has 7 heteroatoms. The number of carboxylic acids is 1. The maximum Gasteiger partial charge on any atom is 0.337 e. The third-order valence-electron chi connectivity index (χ3n) is 6.78. The lowest BCUT2D eigenvalue weighted by atomic mass is 9.88. The fourth-order valence-corrected chi connectivity index (χ4v) is 5.33. The number of aromatic nitrogens is 1. The number of amides is 3. The number of benzene rings is 3. The molecule has 7 nitrogen and oxygen atoms in total. The van der Waals surface area contributed by atoms with E-state index in [0.29, 0.717) is 6.42 Å². The molecule has 0 spiro atoms. The Labute approximate surface area is 195 Å². The maximum atomic E-state index is 13.8. The minimum Gasteiger partial charge on any atom is -0.478 e. The molecule has 4 aromatic rings. The van der Waals surface area contributed by atoms with Crippen molar-refractivity contribution in [2.75, 3.05) is 4.90 Å². The summed E-state index contributed by atoms with van der Waals surface area (Å²) < 4.78 is 0. The van der Waals surface area contributed by atoms with E-state index in [2.05, 4.69) is 4.98 Å². The van der Waals surface area contributed by atoms with Crippen molar-refractivity contribution in [2.24, 2.45) is 0 Å². The van der Waals surface area contributed by atoms with Gasteiger partial charge in [-0.15, -0.1) is 0 Å². The SMILES string of the molecule is Cc1cccc([C@H]2c3[nH]c4ccccc4c3C[C@H]3C(=O)N(c4ccccc4C(=O)O)C(=O)N23)c1. The van der Waals surface area contributed by atoms with E-state index in [9.17, 15) is 19.5 Å². The molecule has 1 fully saturated rings. The van der Waals surface area contributed by atoms with Crippen LogP contribution in [-0.4, -0.2) is 38.9 Å². The van der Waals surface area contributed by atoms with Crippen LogP contribution in [0.5, 0.6) is 0 Å². The Hall–Kier alpha value is -4.39. The standard InChI is InChI=1S/C27H21N3O4/c1-15-7-6-8-16(13-15)24-23-19(17-9-2-4-11-20(17)28-23)14-22-25(31)30(27(34)29(22)24)21-12-5-3-10-18(21)26(32)33/h2-13,22,24,28H,14H2,1H3,(H,32,33)/t22-,24-/m0/s1.